The van der Waals surface area contributed by atoms with Crippen LogP contribution < -0.4 is 5.32 Å². The van der Waals surface area contributed by atoms with Gasteiger partial charge < -0.3 is 15.0 Å². The van der Waals surface area contributed by atoms with Gasteiger partial charge in [-0.25, -0.2) is 9.78 Å². The molecule has 1 aromatic rings. The highest BCUT2D eigenvalue weighted by Gasteiger charge is 2.34. The molecule has 0 bridgehead atoms. The van der Waals surface area contributed by atoms with Crippen molar-refractivity contribution in [1.82, 2.24) is 15.2 Å². The first-order chi connectivity index (χ1) is 10.7. The summed E-state index contributed by atoms with van der Waals surface area (Å²) in [4.78, 5) is 19.2. The van der Waals surface area contributed by atoms with Gasteiger partial charge in [-0.3, -0.25) is 0 Å². The van der Waals surface area contributed by atoms with E-state index in [1.807, 2.05) is 11.8 Å². The van der Waals surface area contributed by atoms with E-state index < -0.39 is 0 Å². The smallest absolute Gasteiger partial charge is 0.318 e. The van der Waals surface area contributed by atoms with Gasteiger partial charge >= 0.3 is 6.03 Å². The molecule has 122 valence electrons. The van der Waals surface area contributed by atoms with Crippen LogP contribution in [0.15, 0.2) is 5.38 Å². The summed E-state index contributed by atoms with van der Waals surface area (Å²) < 4.78 is 5.54. The van der Waals surface area contributed by atoms with Crippen molar-refractivity contribution >= 4 is 17.4 Å². The molecule has 2 amide bonds. The number of hydrogen-bond acceptors (Lipinski definition) is 4. The number of amides is 2. The van der Waals surface area contributed by atoms with E-state index in [1.165, 1.54) is 12.8 Å². The second-order valence-corrected chi connectivity index (χ2v) is 7.32. The van der Waals surface area contributed by atoms with Gasteiger partial charge in [0.25, 0.3) is 0 Å². The van der Waals surface area contributed by atoms with Gasteiger partial charge in [0, 0.05) is 19.0 Å². The molecule has 0 spiro atoms. The molecule has 1 N–H and O–H groups in total. The van der Waals surface area contributed by atoms with Gasteiger partial charge in [-0.2, -0.15) is 0 Å². The molecule has 1 saturated heterocycles. The van der Waals surface area contributed by atoms with Crippen LogP contribution in [-0.2, 0) is 4.74 Å². The lowest BCUT2D eigenvalue weighted by molar-refractivity contribution is 0.0428. The Morgan fingerprint density at radius 1 is 1.36 bits per heavy atom. The Bertz CT molecular complexity index is 519. The Morgan fingerprint density at radius 2 is 2.18 bits per heavy atom. The van der Waals surface area contributed by atoms with Crippen LogP contribution in [0.2, 0.25) is 0 Å². The molecule has 3 rings (SSSR count). The Morgan fingerprint density at radius 3 is 2.91 bits per heavy atom. The van der Waals surface area contributed by atoms with Crippen molar-refractivity contribution in [2.75, 3.05) is 13.7 Å². The highest BCUT2D eigenvalue weighted by Crippen LogP contribution is 2.32. The van der Waals surface area contributed by atoms with Crippen molar-refractivity contribution in [3.63, 3.8) is 0 Å². The lowest BCUT2D eigenvalue weighted by Gasteiger charge is -2.33. The number of thiazole rings is 1. The molecule has 22 heavy (non-hydrogen) atoms. The summed E-state index contributed by atoms with van der Waals surface area (Å²) in [7, 11) is 1.74. The highest BCUT2D eigenvalue weighted by molar-refractivity contribution is 7.09. The predicted molar refractivity (Wildman–Crippen MR) is 87.1 cm³/mol. The van der Waals surface area contributed by atoms with E-state index >= 15 is 0 Å². The van der Waals surface area contributed by atoms with E-state index in [2.05, 4.69) is 15.7 Å². The van der Waals surface area contributed by atoms with Gasteiger partial charge in [0.05, 0.1) is 28.9 Å². The second kappa shape index (κ2) is 6.96. The fourth-order valence-electron chi connectivity index (χ4n) is 3.64. The van der Waals surface area contributed by atoms with E-state index in [0.717, 1.165) is 42.9 Å². The summed E-state index contributed by atoms with van der Waals surface area (Å²) in [6.45, 7) is 2.83. The minimum absolute atomic E-state index is 0.0436. The number of nitrogens with zero attached hydrogens (tertiary/aromatic N) is 2. The van der Waals surface area contributed by atoms with Crippen molar-refractivity contribution in [3.05, 3.63) is 16.1 Å². The molecule has 1 aliphatic carbocycles. The summed E-state index contributed by atoms with van der Waals surface area (Å²) in [5.74, 6) is 0. The molecular weight excluding hydrogens is 298 g/mol. The zero-order valence-electron chi connectivity index (χ0n) is 13.4. The average molecular weight is 323 g/mol. The fraction of sp³-hybridized carbons (Fsp3) is 0.750. The predicted octanol–water partition coefficient (Wildman–Crippen LogP) is 3.26. The summed E-state index contributed by atoms with van der Waals surface area (Å²) in [5.41, 5.74) is 1.04. The Balaban J connectivity index is 1.65. The summed E-state index contributed by atoms with van der Waals surface area (Å²) in [5, 5.41) is 6.36. The molecular formula is C16H25N3O2S. The number of carbonyl (C=O) groups excluding carboxylic acids is 1. The number of aromatic nitrogens is 1. The molecule has 6 heteroatoms. The first-order valence-electron chi connectivity index (χ1n) is 8.21. The lowest BCUT2D eigenvalue weighted by Crippen LogP contribution is -2.50. The first-order valence-corrected chi connectivity index (χ1v) is 9.09. The number of ether oxygens (including phenoxy) is 1. The van der Waals surface area contributed by atoms with Crippen molar-refractivity contribution in [3.8, 4) is 0 Å². The number of urea groups is 1. The van der Waals surface area contributed by atoms with E-state index in [4.69, 9.17) is 4.74 Å². The molecule has 2 aliphatic rings. The molecule has 1 aliphatic heterocycles. The van der Waals surface area contributed by atoms with E-state index in [0.29, 0.717) is 0 Å². The molecule has 3 atom stereocenters. The quantitative estimate of drug-likeness (QED) is 0.929. The summed E-state index contributed by atoms with van der Waals surface area (Å²) >= 11 is 1.66. The maximum atomic E-state index is 12.7. The topological polar surface area (TPSA) is 54.5 Å². The molecule has 0 unspecified atom stereocenters. The van der Waals surface area contributed by atoms with Crippen molar-refractivity contribution in [1.29, 1.82) is 0 Å². The van der Waals surface area contributed by atoms with Crippen molar-refractivity contribution in [2.45, 2.75) is 63.6 Å². The number of likely N-dealkylation sites (tertiary alicyclic amines) is 1. The minimum Gasteiger partial charge on any atom is -0.379 e. The van der Waals surface area contributed by atoms with Crippen LogP contribution in [0.25, 0.3) is 0 Å². The number of aryl methyl sites for hydroxylation is 1. The maximum Gasteiger partial charge on any atom is 0.318 e. The zero-order valence-corrected chi connectivity index (χ0v) is 14.2. The number of nitrogens with one attached hydrogen (secondary N) is 1. The zero-order chi connectivity index (χ0) is 15.5. The SMILES string of the molecule is CO[C@H]1CCCC[C@@H]1NC(=O)N1CCC[C@@H]1c1csc(C)n1. The Labute approximate surface area is 136 Å². The normalized spacial score (nSPS) is 28.8. The largest absolute Gasteiger partial charge is 0.379 e. The Hall–Kier alpha value is -1.14. The highest BCUT2D eigenvalue weighted by atomic mass is 32.1. The van der Waals surface area contributed by atoms with E-state index in [-0.39, 0.29) is 24.2 Å². The van der Waals surface area contributed by atoms with E-state index in [9.17, 15) is 4.79 Å². The van der Waals surface area contributed by atoms with Crippen molar-refractivity contribution in [2.24, 2.45) is 0 Å². The molecule has 1 aromatic heterocycles. The van der Waals surface area contributed by atoms with Gasteiger partial charge in [-0.15, -0.1) is 11.3 Å². The first kappa shape index (κ1) is 15.7. The molecule has 5 nitrogen and oxygen atoms in total. The molecule has 1 saturated carbocycles. The Kier molecular flexibility index (Phi) is 4.98. The van der Waals surface area contributed by atoms with Gasteiger partial charge in [-0.05, 0) is 32.6 Å². The molecule has 0 aromatic carbocycles. The minimum atomic E-state index is 0.0436. The van der Waals surface area contributed by atoms with Crippen LogP contribution in [0.4, 0.5) is 4.79 Å². The third-order valence-corrected chi connectivity index (χ3v) is 5.60. The number of carbonyl (C=O) groups is 1. The summed E-state index contributed by atoms with van der Waals surface area (Å²) in [6.07, 6.45) is 6.62. The average Bonchev–Trinajstić information content (AvgIpc) is 3.16. The molecule has 2 fully saturated rings. The second-order valence-electron chi connectivity index (χ2n) is 6.26. The lowest BCUT2D eigenvalue weighted by atomic mass is 9.92. The maximum absolute atomic E-state index is 12.7. The van der Waals surface area contributed by atoms with Crippen LogP contribution in [0, 0.1) is 6.92 Å². The van der Waals surface area contributed by atoms with Crippen LogP contribution in [0.5, 0.6) is 0 Å². The van der Waals surface area contributed by atoms with Crippen LogP contribution in [-0.4, -0.2) is 41.7 Å². The van der Waals surface area contributed by atoms with Crippen molar-refractivity contribution < 1.29 is 9.53 Å². The number of methoxy groups -OCH3 is 1. The van der Waals surface area contributed by atoms with Gasteiger partial charge in [-0.1, -0.05) is 12.8 Å². The van der Waals surface area contributed by atoms with E-state index in [1.54, 1.807) is 18.4 Å². The third kappa shape index (κ3) is 3.27. The van der Waals surface area contributed by atoms with Gasteiger partial charge in [0.15, 0.2) is 0 Å². The summed E-state index contributed by atoms with van der Waals surface area (Å²) in [6, 6.07) is 0.321. The monoisotopic (exact) mass is 323 g/mol. The van der Waals surface area contributed by atoms with Crippen LogP contribution >= 0.6 is 11.3 Å². The molecule has 0 radical (unpaired) electrons. The van der Waals surface area contributed by atoms with Gasteiger partial charge in [0.2, 0.25) is 0 Å². The third-order valence-electron chi connectivity index (χ3n) is 4.81. The standard InChI is InChI=1S/C16H25N3O2S/c1-11-17-13(10-22-11)14-7-5-9-19(14)16(20)18-12-6-3-4-8-15(12)21-2/h10,12,14-15H,3-9H2,1-2H3,(H,18,20)/t12-,14+,15-/m0/s1. The number of rotatable bonds is 3. The van der Waals surface area contributed by atoms with Crippen LogP contribution in [0.3, 0.4) is 0 Å². The molecule has 2 heterocycles. The number of hydrogen-bond donors (Lipinski definition) is 1. The van der Waals surface area contributed by atoms with Gasteiger partial charge in [0.1, 0.15) is 0 Å². The van der Waals surface area contributed by atoms with Crippen LogP contribution in [0.1, 0.15) is 55.3 Å². The fourth-order valence-corrected chi connectivity index (χ4v) is 4.30.